The molecule has 2 rings (SSSR count). The summed E-state index contributed by atoms with van der Waals surface area (Å²) in [6.07, 6.45) is -4.95. The Labute approximate surface area is 178 Å². The number of rotatable bonds is 5. The van der Waals surface area contributed by atoms with E-state index in [0.717, 1.165) is 19.2 Å². The summed E-state index contributed by atoms with van der Waals surface area (Å²) in [6.45, 7) is 5.07. The smallest absolute Gasteiger partial charge is 0.431 e. The molecule has 0 saturated heterocycles. The van der Waals surface area contributed by atoms with Gasteiger partial charge in [-0.2, -0.15) is 13.2 Å². The SMILES string of the molecule is CCOC(=S)C(C)(C)Oc1cc(-n2c(=O)cc(C(F)(F)F)n(C)c2=O)c(F)cc1Cl. The first-order valence-electron chi connectivity index (χ1n) is 8.46. The summed E-state index contributed by atoms with van der Waals surface area (Å²) in [4.78, 5) is 24.7. The van der Waals surface area contributed by atoms with Gasteiger partial charge in [0.1, 0.15) is 17.3 Å². The van der Waals surface area contributed by atoms with Gasteiger partial charge in [0.05, 0.1) is 17.3 Å². The Kier molecular flexibility index (Phi) is 6.67. The van der Waals surface area contributed by atoms with Crippen LogP contribution in [0.1, 0.15) is 26.5 Å². The maximum absolute atomic E-state index is 14.5. The van der Waals surface area contributed by atoms with Crippen molar-refractivity contribution >= 4 is 28.9 Å². The molecule has 0 aliphatic rings. The van der Waals surface area contributed by atoms with Gasteiger partial charge >= 0.3 is 11.9 Å². The highest BCUT2D eigenvalue weighted by atomic mass is 35.5. The van der Waals surface area contributed by atoms with Crippen LogP contribution in [0.25, 0.3) is 5.69 Å². The van der Waals surface area contributed by atoms with Gasteiger partial charge in [0, 0.05) is 19.2 Å². The van der Waals surface area contributed by atoms with Gasteiger partial charge in [0.2, 0.25) is 5.05 Å². The van der Waals surface area contributed by atoms with E-state index < -0.39 is 40.2 Å². The highest BCUT2D eigenvalue weighted by Gasteiger charge is 2.35. The Morgan fingerprint density at radius 1 is 1.20 bits per heavy atom. The fourth-order valence-corrected chi connectivity index (χ4v) is 2.86. The third-order valence-corrected chi connectivity index (χ3v) is 4.89. The summed E-state index contributed by atoms with van der Waals surface area (Å²) in [5, 5.41) is -0.144. The van der Waals surface area contributed by atoms with Crippen LogP contribution >= 0.6 is 23.8 Å². The molecule has 1 aromatic heterocycles. The number of ether oxygens (including phenoxy) is 2. The van der Waals surface area contributed by atoms with Crippen LogP contribution in [0.2, 0.25) is 5.02 Å². The van der Waals surface area contributed by atoms with Gasteiger partial charge in [-0.15, -0.1) is 0 Å². The Bertz CT molecular complexity index is 1110. The monoisotopic (exact) mass is 468 g/mol. The lowest BCUT2D eigenvalue weighted by Gasteiger charge is -2.27. The van der Waals surface area contributed by atoms with Gasteiger partial charge in [-0.25, -0.2) is 13.8 Å². The topological polar surface area (TPSA) is 62.5 Å². The molecule has 0 amide bonds. The van der Waals surface area contributed by atoms with Crippen molar-refractivity contribution in [2.24, 2.45) is 7.05 Å². The third kappa shape index (κ3) is 4.67. The second-order valence-electron chi connectivity index (χ2n) is 6.61. The molecule has 6 nitrogen and oxygen atoms in total. The molecule has 0 spiro atoms. The first kappa shape index (κ1) is 23.9. The van der Waals surface area contributed by atoms with Crippen LogP contribution in [0.5, 0.6) is 5.75 Å². The molecule has 1 aromatic carbocycles. The number of aromatic nitrogens is 2. The number of nitrogens with zero attached hydrogens (tertiary/aromatic N) is 2. The van der Waals surface area contributed by atoms with Gasteiger partial charge in [-0.05, 0) is 39.1 Å². The molecule has 0 N–H and O–H groups in total. The molecule has 0 radical (unpaired) electrons. The van der Waals surface area contributed by atoms with Crippen LogP contribution in [-0.4, -0.2) is 26.4 Å². The number of thiocarbonyl (C=S) groups is 1. The third-order valence-electron chi connectivity index (χ3n) is 3.98. The minimum absolute atomic E-state index is 0.0644. The van der Waals surface area contributed by atoms with E-state index in [1.807, 2.05) is 0 Å². The van der Waals surface area contributed by atoms with Crippen LogP contribution in [0.15, 0.2) is 27.8 Å². The van der Waals surface area contributed by atoms with Crippen LogP contribution < -0.4 is 16.0 Å². The fraction of sp³-hybridized carbons (Fsp3) is 0.389. The predicted octanol–water partition coefficient (Wildman–Crippen LogP) is 3.87. The van der Waals surface area contributed by atoms with Crippen molar-refractivity contribution in [1.82, 2.24) is 9.13 Å². The zero-order valence-electron chi connectivity index (χ0n) is 16.3. The average molecular weight is 469 g/mol. The molecule has 2 aromatic rings. The predicted molar refractivity (Wildman–Crippen MR) is 106 cm³/mol. The molecule has 1 heterocycles. The van der Waals surface area contributed by atoms with Gasteiger partial charge in [0.25, 0.3) is 5.56 Å². The maximum Gasteiger partial charge on any atom is 0.431 e. The molecule has 0 saturated carbocycles. The molecule has 0 aliphatic carbocycles. The summed E-state index contributed by atoms with van der Waals surface area (Å²) in [7, 11) is 0.815. The number of hydrogen-bond acceptors (Lipinski definition) is 5. The highest BCUT2D eigenvalue weighted by Crippen LogP contribution is 2.32. The number of halogens is 5. The largest absolute Gasteiger partial charge is 0.484 e. The standard InChI is InChI=1S/C18H17ClF4N2O4S/c1-5-28-15(30)17(2,3)29-12-7-11(10(20)6-9(12)19)25-14(26)8-13(18(21,22)23)24(4)16(25)27/h6-8H,5H2,1-4H3. The van der Waals surface area contributed by atoms with Crippen molar-refractivity contribution in [3.05, 3.63) is 55.6 Å². The first-order valence-corrected chi connectivity index (χ1v) is 9.25. The molecule has 164 valence electrons. The fourth-order valence-electron chi connectivity index (χ4n) is 2.51. The number of benzene rings is 1. The Morgan fingerprint density at radius 2 is 1.80 bits per heavy atom. The quantitative estimate of drug-likeness (QED) is 0.492. The van der Waals surface area contributed by atoms with Gasteiger partial charge in [-0.3, -0.25) is 9.36 Å². The lowest BCUT2D eigenvalue weighted by atomic mass is 10.1. The van der Waals surface area contributed by atoms with Gasteiger partial charge in [-0.1, -0.05) is 11.6 Å². The lowest BCUT2D eigenvalue weighted by Crippen LogP contribution is -2.41. The van der Waals surface area contributed by atoms with E-state index in [2.05, 4.69) is 0 Å². The van der Waals surface area contributed by atoms with Crippen molar-refractivity contribution in [2.45, 2.75) is 32.5 Å². The summed E-state index contributed by atoms with van der Waals surface area (Å²) >= 11 is 11.1. The van der Waals surface area contributed by atoms with Gasteiger partial charge in [0.15, 0.2) is 5.60 Å². The van der Waals surface area contributed by atoms with Crippen molar-refractivity contribution in [2.75, 3.05) is 6.61 Å². The molecule has 0 atom stereocenters. The maximum atomic E-state index is 14.5. The van der Waals surface area contributed by atoms with Crippen molar-refractivity contribution in [3.8, 4) is 11.4 Å². The van der Waals surface area contributed by atoms with Crippen LogP contribution in [-0.2, 0) is 18.0 Å². The summed E-state index contributed by atoms with van der Waals surface area (Å²) in [6, 6.07) is 1.91. The van der Waals surface area contributed by atoms with E-state index in [0.29, 0.717) is 0 Å². The minimum Gasteiger partial charge on any atom is -0.484 e. The minimum atomic E-state index is -4.95. The molecule has 0 fully saturated rings. The van der Waals surface area contributed by atoms with E-state index in [1.165, 1.54) is 0 Å². The first-order chi connectivity index (χ1) is 13.7. The summed E-state index contributed by atoms with van der Waals surface area (Å²) in [5.74, 6) is -1.27. The van der Waals surface area contributed by atoms with Crippen molar-refractivity contribution in [3.63, 3.8) is 0 Å². The second kappa shape index (κ2) is 8.38. The zero-order valence-corrected chi connectivity index (χ0v) is 17.8. The molecular weight excluding hydrogens is 452 g/mol. The second-order valence-corrected chi connectivity index (χ2v) is 7.39. The Hall–Kier alpha value is -2.40. The molecule has 0 bridgehead atoms. The molecule has 12 heteroatoms. The van der Waals surface area contributed by atoms with Crippen molar-refractivity contribution in [1.29, 1.82) is 0 Å². The normalized spacial score (nSPS) is 12.0. The highest BCUT2D eigenvalue weighted by molar-refractivity contribution is 7.80. The lowest BCUT2D eigenvalue weighted by molar-refractivity contribution is -0.144. The van der Waals surface area contributed by atoms with E-state index in [9.17, 15) is 27.2 Å². The summed E-state index contributed by atoms with van der Waals surface area (Å²) in [5.41, 5.74) is -6.08. The van der Waals surface area contributed by atoms with Gasteiger partial charge < -0.3 is 9.47 Å². The molecular formula is C18H17ClF4N2O4S. The van der Waals surface area contributed by atoms with Crippen LogP contribution in [0.3, 0.4) is 0 Å². The van der Waals surface area contributed by atoms with Crippen molar-refractivity contribution < 1.29 is 27.0 Å². The van der Waals surface area contributed by atoms with Crippen LogP contribution in [0, 0.1) is 5.82 Å². The van der Waals surface area contributed by atoms with Crippen LogP contribution in [0.4, 0.5) is 17.6 Å². The van der Waals surface area contributed by atoms with E-state index in [1.54, 1.807) is 20.8 Å². The molecule has 0 aliphatic heterocycles. The average Bonchev–Trinajstić information content (AvgIpc) is 2.61. The zero-order chi connectivity index (χ0) is 23.0. The van der Waals surface area contributed by atoms with E-state index >= 15 is 0 Å². The molecule has 30 heavy (non-hydrogen) atoms. The van der Waals surface area contributed by atoms with E-state index in [4.69, 9.17) is 33.3 Å². The summed E-state index contributed by atoms with van der Waals surface area (Å²) < 4.78 is 65.0. The Balaban J connectivity index is 2.67. The Morgan fingerprint density at radius 3 is 2.33 bits per heavy atom. The number of hydrogen-bond donors (Lipinski definition) is 0. The number of alkyl halides is 3. The molecule has 0 unspecified atom stereocenters. The van der Waals surface area contributed by atoms with E-state index in [-0.39, 0.29) is 37.6 Å².